The molecular weight excluding hydrogens is 420 g/mol. The molecule has 9 heteroatoms. The number of hydrogen-bond acceptors (Lipinski definition) is 8. The lowest BCUT2D eigenvalue weighted by atomic mass is 10.1. The van der Waals surface area contributed by atoms with Gasteiger partial charge >= 0.3 is 6.01 Å². The molecule has 0 unspecified atom stereocenters. The number of rotatable bonds is 7. The minimum Gasteiger partial charge on any atom is -0.495 e. The Hall–Kier alpha value is -4.40. The largest absolute Gasteiger partial charge is 0.495 e. The molecule has 5 rings (SSSR count). The third-order valence-corrected chi connectivity index (χ3v) is 5.29. The summed E-state index contributed by atoms with van der Waals surface area (Å²) in [4.78, 5) is 4.27. The molecule has 0 aliphatic rings. The lowest BCUT2D eigenvalue weighted by Gasteiger charge is -2.10. The van der Waals surface area contributed by atoms with Gasteiger partial charge in [-0.1, -0.05) is 40.6 Å². The van der Waals surface area contributed by atoms with E-state index in [4.69, 9.17) is 13.7 Å². The summed E-state index contributed by atoms with van der Waals surface area (Å²) >= 11 is 0. The summed E-state index contributed by atoms with van der Waals surface area (Å²) in [6.45, 7) is 4.25. The minimum absolute atomic E-state index is 0.304. The van der Waals surface area contributed by atoms with Gasteiger partial charge in [0.25, 0.3) is 0 Å². The number of aromatic nitrogens is 5. The zero-order chi connectivity index (χ0) is 22.8. The van der Waals surface area contributed by atoms with Gasteiger partial charge in [-0.05, 0) is 32.0 Å². The highest BCUT2D eigenvalue weighted by molar-refractivity contribution is 5.64. The maximum Gasteiger partial charge on any atom is 0.316 e. The fourth-order valence-corrected chi connectivity index (χ4v) is 3.57. The molecule has 5 aromatic rings. The summed E-state index contributed by atoms with van der Waals surface area (Å²) in [7, 11) is 1.62. The van der Waals surface area contributed by atoms with Crippen LogP contribution in [0.25, 0.3) is 28.4 Å². The predicted octanol–water partition coefficient (Wildman–Crippen LogP) is 4.81. The molecule has 3 aromatic heterocycles. The van der Waals surface area contributed by atoms with Crippen molar-refractivity contribution in [1.29, 1.82) is 0 Å². The third kappa shape index (κ3) is 4.08. The van der Waals surface area contributed by atoms with E-state index in [0.29, 0.717) is 24.2 Å². The van der Waals surface area contributed by atoms with E-state index in [0.717, 1.165) is 39.5 Å². The van der Waals surface area contributed by atoms with E-state index in [2.05, 4.69) is 25.7 Å². The molecule has 9 nitrogen and oxygen atoms in total. The van der Waals surface area contributed by atoms with Gasteiger partial charge in [0.15, 0.2) is 0 Å². The first-order valence-corrected chi connectivity index (χ1v) is 10.4. The predicted molar refractivity (Wildman–Crippen MR) is 122 cm³/mol. The maximum absolute atomic E-state index is 5.84. The van der Waals surface area contributed by atoms with Gasteiger partial charge in [-0.25, -0.2) is 4.98 Å². The van der Waals surface area contributed by atoms with E-state index in [9.17, 15) is 0 Å². The molecular formula is C24H22N6O3. The Kier molecular flexibility index (Phi) is 5.35. The van der Waals surface area contributed by atoms with Gasteiger partial charge in [0, 0.05) is 22.9 Å². The van der Waals surface area contributed by atoms with Crippen molar-refractivity contribution in [2.24, 2.45) is 0 Å². The Morgan fingerprint density at radius 1 is 1.03 bits per heavy atom. The van der Waals surface area contributed by atoms with Crippen LogP contribution in [0.1, 0.15) is 17.0 Å². The van der Waals surface area contributed by atoms with Crippen LogP contribution < -0.4 is 10.1 Å². The summed E-state index contributed by atoms with van der Waals surface area (Å²) < 4.78 is 18.7. The Morgan fingerprint density at radius 2 is 1.88 bits per heavy atom. The van der Waals surface area contributed by atoms with Crippen LogP contribution >= 0.6 is 0 Å². The zero-order valence-corrected chi connectivity index (χ0v) is 18.4. The van der Waals surface area contributed by atoms with Crippen molar-refractivity contribution < 1.29 is 13.7 Å². The lowest BCUT2D eigenvalue weighted by molar-refractivity contribution is 0.398. The number of benzene rings is 2. The fraction of sp³-hybridized carbons (Fsp3) is 0.167. The molecule has 166 valence electrons. The number of aryl methyl sites for hydroxylation is 2. The number of nitrogens with zero attached hydrogens (tertiary/aromatic N) is 5. The molecule has 0 bridgehead atoms. The molecule has 0 amide bonds. The SMILES string of the molecule is COc1cc(-c2nnc(NCc3c(-c4ccccc4)noc3C)o2)ccc1-n1cnc(C)c1. The van der Waals surface area contributed by atoms with Crippen molar-refractivity contribution in [3.63, 3.8) is 0 Å². The highest BCUT2D eigenvalue weighted by Gasteiger charge is 2.17. The van der Waals surface area contributed by atoms with Gasteiger partial charge in [-0.15, -0.1) is 5.10 Å². The van der Waals surface area contributed by atoms with Crippen molar-refractivity contribution in [2.75, 3.05) is 12.4 Å². The van der Waals surface area contributed by atoms with Crippen LogP contribution in [0.4, 0.5) is 6.01 Å². The standard InChI is InChI=1S/C24H22N6O3/c1-15-13-30(14-26-15)20-10-9-18(11-21(20)31-3)23-27-28-24(32-23)25-12-19-16(2)33-29-22(19)17-7-5-4-6-8-17/h4-11,13-14H,12H2,1-3H3,(H,25,28). The van der Waals surface area contributed by atoms with Crippen LogP contribution in [0.5, 0.6) is 5.75 Å². The molecule has 0 aliphatic carbocycles. The molecule has 0 radical (unpaired) electrons. The maximum atomic E-state index is 5.84. The minimum atomic E-state index is 0.304. The van der Waals surface area contributed by atoms with Gasteiger partial charge in [0.2, 0.25) is 5.89 Å². The first-order chi connectivity index (χ1) is 16.1. The van der Waals surface area contributed by atoms with Gasteiger partial charge in [-0.2, -0.15) is 0 Å². The van der Waals surface area contributed by atoms with Crippen LogP contribution in [0.3, 0.4) is 0 Å². The molecule has 33 heavy (non-hydrogen) atoms. The summed E-state index contributed by atoms with van der Waals surface area (Å²) in [6.07, 6.45) is 3.68. The van der Waals surface area contributed by atoms with Crippen molar-refractivity contribution in [2.45, 2.75) is 20.4 Å². The third-order valence-electron chi connectivity index (χ3n) is 5.29. The number of ether oxygens (including phenoxy) is 1. The van der Waals surface area contributed by atoms with E-state index in [1.807, 2.05) is 73.1 Å². The van der Waals surface area contributed by atoms with Crippen molar-refractivity contribution >= 4 is 6.01 Å². The molecule has 0 saturated carbocycles. The van der Waals surface area contributed by atoms with Crippen LogP contribution in [0, 0.1) is 13.8 Å². The fourth-order valence-electron chi connectivity index (χ4n) is 3.57. The highest BCUT2D eigenvalue weighted by atomic mass is 16.5. The summed E-state index contributed by atoms with van der Waals surface area (Å²) in [6, 6.07) is 15.9. The van der Waals surface area contributed by atoms with Crippen LogP contribution in [-0.2, 0) is 6.54 Å². The summed E-state index contributed by atoms with van der Waals surface area (Å²) in [5.74, 6) is 1.79. The quantitative estimate of drug-likeness (QED) is 0.383. The first-order valence-electron chi connectivity index (χ1n) is 10.4. The van der Waals surface area contributed by atoms with Crippen LogP contribution in [0.15, 0.2) is 70.0 Å². The molecule has 1 N–H and O–H groups in total. The molecule has 0 saturated heterocycles. The van der Waals surface area contributed by atoms with E-state index in [1.165, 1.54) is 0 Å². The average molecular weight is 442 g/mol. The summed E-state index contributed by atoms with van der Waals surface area (Å²) in [5, 5.41) is 15.7. The number of imidazole rings is 1. The van der Waals surface area contributed by atoms with Gasteiger partial charge in [0.05, 0.1) is 31.4 Å². The second kappa shape index (κ2) is 8.62. The second-order valence-corrected chi connectivity index (χ2v) is 7.51. The molecule has 0 fully saturated rings. The normalized spacial score (nSPS) is 11.0. The number of methoxy groups -OCH3 is 1. The topological polar surface area (TPSA) is 104 Å². The van der Waals surface area contributed by atoms with E-state index >= 15 is 0 Å². The van der Waals surface area contributed by atoms with E-state index in [1.54, 1.807) is 13.4 Å². The Bertz CT molecular complexity index is 1390. The van der Waals surface area contributed by atoms with Gasteiger partial charge in [0.1, 0.15) is 17.2 Å². The number of anilines is 1. The van der Waals surface area contributed by atoms with E-state index in [-0.39, 0.29) is 0 Å². The lowest BCUT2D eigenvalue weighted by Crippen LogP contribution is -2.01. The van der Waals surface area contributed by atoms with E-state index < -0.39 is 0 Å². The van der Waals surface area contributed by atoms with Crippen LogP contribution in [0.2, 0.25) is 0 Å². The van der Waals surface area contributed by atoms with Crippen molar-refractivity contribution in [3.8, 4) is 34.1 Å². The first kappa shape index (κ1) is 20.5. The Labute approximate surface area is 190 Å². The number of nitrogens with one attached hydrogen (secondary N) is 1. The molecule has 3 heterocycles. The molecule has 0 atom stereocenters. The van der Waals surface area contributed by atoms with Gasteiger partial charge in [-0.3, -0.25) is 0 Å². The Balaban J connectivity index is 1.35. The van der Waals surface area contributed by atoms with Crippen molar-refractivity contribution in [3.05, 3.63) is 78.1 Å². The second-order valence-electron chi connectivity index (χ2n) is 7.51. The smallest absolute Gasteiger partial charge is 0.316 e. The Morgan fingerprint density at radius 3 is 2.64 bits per heavy atom. The highest BCUT2D eigenvalue weighted by Crippen LogP contribution is 2.30. The molecule has 0 spiro atoms. The molecule has 2 aromatic carbocycles. The zero-order valence-electron chi connectivity index (χ0n) is 18.4. The van der Waals surface area contributed by atoms with Gasteiger partial charge < -0.3 is 23.6 Å². The van der Waals surface area contributed by atoms with Crippen LogP contribution in [-0.4, -0.2) is 32.0 Å². The molecule has 0 aliphatic heterocycles. The average Bonchev–Trinajstić information content (AvgIpc) is 3.58. The summed E-state index contributed by atoms with van der Waals surface area (Å²) in [5.41, 5.74) is 5.25. The monoisotopic (exact) mass is 442 g/mol. The number of hydrogen-bond donors (Lipinski definition) is 1. The van der Waals surface area contributed by atoms with Crippen molar-refractivity contribution in [1.82, 2.24) is 24.9 Å².